The van der Waals surface area contributed by atoms with E-state index in [-0.39, 0.29) is 73.6 Å². The number of benzene rings is 2. The molecule has 0 bridgehead atoms. The van der Waals surface area contributed by atoms with E-state index in [1.807, 2.05) is 12.1 Å². The van der Waals surface area contributed by atoms with E-state index >= 15 is 0 Å². The van der Waals surface area contributed by atoms with Crippen molar-refractivity contribution < 1.29 is 91.0 Å². The van der Waals surface area contributed by atoms with Crippen molar-refractivity contribution in [3.8, 4) is 17.1 Å². The molecule has 0 saturated carbocycles. The number of esters is 1. The maximum atomic E-state index is 14.1. The van der Waals surface area contributed by atoms with Crippen LogP contribution in [0.5, 0.6) is 5.75 Å². The molecule has 4 aromatic rings. The molecule has 2 aromatic heterocycles. The average molecular weight is 1200 g/mol. The van der Waals surface area contributed by atoms with E-state index < -0.39 is 136 Å². The highest BCUT2D eigenvalue weighted by Crippen LogP contribution is 2.41. The second kappa shape index (κ2) is 26.5. The van der Waals surface area contributed by atoms with Gasteiger partial charge < -0.3 is 80.9 Å². The van der Waals surface area contributed by atoms with Crippen molar-refractivity contribution in [1.29, 1.82) is 0 Å². The highest BCUT2D eigenvalue weighted by Gasteiger charge is 2.49. The summed E-state index contributed by atoms with van der Waals surface area (Å²) in [5.41, 5.74) is 6.41. The van der Waals surface area contributed by atoms with Crippen LogP contribution in [0.15, 0.2) is 53.3 Å². The van der Waals surface area contributed by atoms with Crippen molar-refractivity contribution in [2.75, 3.05) is 24.2 Å². The van der Waals surface area contributed by atoms with Crippen molar-refractivity contribution in [3.63, 3.8) is 0 Å². The fraction of sp³-hybridized carbons (Fsp3) is 0.509. The predicted molar refractivity (Wildman–Crippen MR) is 296 cm³/mol. The molecule has 3 aliphatic heterocycles. The third-order valence-electron chi connectivity index (χ3n) is 14.8. The SMILES string of the molecule is CC[C@@]1(O)C(=O)OCc2c1cc1n(c2=O)Cc2c-1nc1ccccc1c2CCN(C(=O)OCc1ccc(NC(=O)[C@H](C)NC(=O)[C@@H](NC(=O)[C@H](CCCCN)NC(=O)CS(=O)(=O)O)C(C)C)c(O[C@@H]2O[C@H](C(=O)O)[C@@H](O)[C@H](O)[C@H]2O)c1)C(C)C. The number of hydrogen-bond acceptors (Lipinski definition) is 20. The number of anilines is 1. The van der Waals surface area contributed by atoms with Crippen LogP contribution in [0, 0.1) is 5.92 Å². The fourth-order valence-corrected chi connectivity index (χ4v) is 10.5. The van der Waals surface area contributed by atoms with Crippen LogP contribution >= 0.6 is 0 Å². The van der Waals surface area contributed by atoms with Crippen molar-refractivity contribution in [1.82, 2.24) is 30.4 Å². The van der Waals surface area contributed by atoms with Gasteiger partial charge in [-0.1, -0.05) is 45.0 Å². The van der Waals surface area contributed by atoms with Crippen molar-refractivity contribution in [2.45, 2.75) is 154 Å². The van der Waals surface area contributed by atoms with Gasteiger partial charge in [0.25, 0.3) is 15.7 Å². The van der Waals surface area contributed by atoms with Crippen LogP contribution < -0.4 is 37.3 Å². The topological polar surface area (TPSA) is 424 Å². The average Bonchev–Trinajstić information content (AvgIpc) is 3.99. The lowest BCUT2D eigenvalue weighted by Crippen LogP contribution is -2.61. The normalized spacial score (nSPS) is 21.0. The molecule has 29 heteroatoms. The number of carbonyl (C=O) groups is 7. The molecule has 1 fully saturated rings. The number of aliphatic hydroxyl groups is 4. The number of nitrogens with zero attached hydrogens (tertiary/aromatic N) is 3. The zero-order valence-electron chi connectivity index (χ0n) is 46.9. The Morgan fingerprint density at radius 3 is 2.29 bits per heavy atom. The van der Waals surface area contributed by atoms with E-state index in [0.717, 1.165) is 10.9 Å². The largest absolute Gasteiger partial charge is 0.479 e. The number of rotatable bonds is 24. The molecule has 3 aliphatic rings. The van der Waals surface area contributed by atoms with Gasteiger partial charge in [0.2, 0.25) is 29.9 Å². The fourth-order valence-electron chi connectivity index (χ4n) is 10.1. The van der Waals surface area contributed by atoms with Gasteiger partial charge in [0.1, 0.15) is 55.4 Å². The van der Waals surface area contributed by atoms with Crippen LogP contribution in [0.3, 0.4) is 0 Å². The van der Waals surface area contributed by atoms with Gasteiger partial charge in [0.05, 0.1) is 34.7 Å². The van der Waals surface area contributed by atoms with E-state index in [1.165, 1.54) is 34.6 Å². The number of carboxylic acid groups (broad SMARTS) is 1. The molecule has 9 atom stereocenters. The molecule has 5 heterocycles. The predicted octanol–water partition coefficient (Wildman–Crippen LogP) is 0.0259. The summed E-state index contributed by atoms with van der Waals surface area (Å²) in [6, 6.07) is 8.41. The first-order chi connectivity index (χ1) is 39.6. The summed E-state index contributed by atoms with van der Waals surface area (Å²) in [6.07, 6.45) is -10.1. The molecule has 12 N–H and O–H groups in total. The lowest BCUT2D eigenvalue weighted by molar-refractivity contribution is -0.271. The molecule has 0 radical (unpaired) electrons. The summed E-state index contributed by atoms with van der Waals surface area (Å²) in [6.45, 7) is 9.29. The first kappa shape index (κ1) is 63.9. The Morgan fingerprint density at radius 2 is 1.63 bits per heavy atom. The van der Waals surface area contributed by atoms with Crippen LogP contribution in [0.2, 0.25) is 0 Å². The van der Waals surface area contributed by atoms with Gasteiger partial charge in [-0.05, 0) is 101 Å². The Morgan fingerprint density at radius 1 is 0.917 bits per heavy atom. The molecule has 28 nitrogen and oxygen atoms in total. The van der Waals surface area contributed by atoms with Crippen LogP contribution in [0.4, 0.5) is 10.5 Å². The number of aliphatic carboxylic acids is 1. The van der Waals surface area contributed by atoms with Crippen LogP contribution in [-0.2, 0) is 84.9 Å². The first-order valence-corrected chi connectivity index (χ1v) is 28.8. The number of fused-ring (bicyclic) bond motifs is 5. The molecule has 0 aliphatic carbocycles. The zero-order valence-corrected chi connectivity index (χ0v) is 47.7. The summed E-state index contributed by atoms with van der Waals surface area (Å²) in [7, 11) is -4.75. The van der Waals surface area contributed by atoms with Gasteiger partial charge in [-0.2, -0.15) is 8.42 Å². The van der Waals surface area contributed by atoms with Gasteiger partial charge in [0.15, 0.2) is 17.5 Å². The van der Waals surface area contributed by atoms with E-state index in [1.54, 1.807) is 52.8 Å². The van der Waals surface area contributed by atoms with Gasteiger partial charge >= 0.3 is 18.0 Å². The van der Waals surface area contributed by atoms with Crippen LogP contribution in [0.1, 0.15) is 95.0 Å². The van der Waals surface area contributed by atoms with E-state index in [4.69, 9.17) is 34.2 Å². The highest BCUT2D eigenvalue weighted by molar-refractivity contribution is 7.86. The number of carboxylic acids is 1. The number of hydrogen-bond donors (Lipinski definition) is 11. The third-order valence-corrected chi connectivity index (χ3v) is 15.4. The van der Waals surface area contributed by atoms with Gasteiger partial charge in [-0.3, -0.25) is 28.5 Å². The molecule has 1 saturated heterocycles. The quantitative estimate of drug-likeness (QED) is 0.0220. The van der Waals surface area contributed by atoms with Gasteiger partial charge in [-0.25, -0.2) is 19.4 Å². The summed E-state index contributed by atoms with van der Waals surface area (Å²) in [5, 5.41) is 63.6. The Labute approximate surface area is 481 Å². The van der Waals surface area contributed by atoms with Gasteiger partial charge in [-0.15, -0.1) is 0 Å². The summed E-state index contributed by atoms with van der Waals surface area (Å²) in [4.78, 5) is 113. The number of para-hydroxylation sites is 1. The molecule has 0 spiro atoms. The number of aromatic nitrogens is 2. The number of cyclic esters (lactones) is 1. The number of unbranched alkanes of at least 4 members (excludes halogenated alkanes) is 1. The molecule has 456 valence electrons. The maximum absolute atomic E-state index is 14.1. The number of amides is 5. The standard InChI is InChI=1S/C55H70N8O20S/c1-7-55(76)34-21-38-42-32(22-63(38)50(71)33(34)24-80-53(55)74)30(31-12-8-9-13-35(31)59-42)17-19-62(27(4)5)54(75)81-23-29-15-16-36(39(20-29)82-52-45(67)43(65)44(66)46(83-52)51(72)73)60-47(68)28(6)57-49(70)41(26(2)3)61-48(69)37(14-10-11-18-56)58-40(64)25-84(77,78)79/h8-9,12-13,15-16,20-21,26-28,37,41,43-46,52,65-67,76H,7,10-11,14,17-19,22-25,56H2,1-6H3,(H,57,70)(H,58,64)(H,60,68)(H,61,69)(H,72,73)(H,77,78,79)/t28-,37-,41-,43-,44-,45+,46-,52+,55-/m0/s1. The van der Waals surface area contributed by atoms with Crippen LogP contribution in [0.25, 0.3) is 22.3 Å². The molecular formula is C55H70N8O20S. The highest BCUT2D eigenvalue weighted by atomic mass is 32.2. The number of aliphatic hydroxyl groups excluding tert-OH is 3. The minimum Gasteiger partial charge on any atom is -0.479 e. The minimum absolute atomic E-state index is 0.0132. The Bertz CT molecular complexity index is 3370. The maximum Gasteiger partial charge on any atom is 0.410 e. The number of pyridine rings is 2. The number of nitrogens with two attached hydrogens (primary N) is 1. The van der Waals surface area contributed by atoms with E-state index in [9.17, 15) is 72.3 Å². The van der Waals surface area contributed by atoms with Crippen molar-refractivity contribution >= 4 is 68.4 Å². The lowest BCUT2D eigenvalue weighted by atomic mass is 9.86. The summed E-state index contributed by atoms with van der Waals surface area (Å²) < 4.78 is 55.7. The first-order valence-electron chi connectivity index (χ1n) is 27.2. The van der Waals surface area contributed by atoms with Crippen molar-refractivity contribution in [2.24, 2.45) is 11.7 Å². The molecule has 5 amide bonds. The minimum atomic E-state index is -4.75. The Balaban J connectivity index is 1.09. The van der Waals surface area contributed by atoms with E-state index in [2.05, 4.69) is 21.3 Å². The lowest BCUT2D eigenvalue weighted by Gasteiger charge is -2.38. The number of carbonyl (C=O) groups excluding carboxylic acids is 6. The second-order valence-electron chi connectivity index (χ2n) is 21.4. The summed E-state index contributed by atoms with van der Waals surface area (Å²) in [5.74, 6) is -8.67. The van der Waals surface area contributed by atoms with Crippen molar-refractivity contribution in [3.05, 3.63) is 86.7 Å². The molecule has 0 unspecified atom stereocenters. The van der Waals surface area contributed by atoms with Crippen LogP contribution in [-0.4, -0.2) is 168 Å². The number of nitrogens with one attached hydrogen (secondary N) is 4. The Hall–Kier alpha value is -7.64. The molecule has 7 rings (SSSR count). The van der Waals surface area contributed by atoms with Gasteiger partial charge in [0, 0.05) is 29.1 Å². The molecule has 2 aromatic carbocycles. The smallest absolute Gasteiger partial charge is 0.410 e. The molecular weight excluding hydrogens is 1120 g/mol. The zero-order chi connectivity index (χ0) is 61.7. The Kier molecular flexibility index (Phi) is 20.2. The van der Waals surface area contributed by atoms with E-state index in [0.29, 0.717) is 35.3 Å². The molecule has 84 heavy (non-hydrogen) atoms. The second-order valence-corrected chi connectivity index (χ2v) is 22.8. The third kappa shape index (κ3) is 14.1. The number of ether oxygens (including phenoxy) is 4. The monoisotopic (exact) mass is 1190 g/mol. The summed E-state index contributed by atoms with van der Waals surface area (Å²) >= 11 is 0.